The second-order valence-corrected chi connectivity index (χ2v) is 5.19. The molecule has 0 heterocycles. The van der Waals surface area contributed by atoms with Crippen LogP contribution in [0.3, 0.4) is 0 Å². The van der Waals surface area contributed by atoms with Crippen LogP contribution in [0.2, 0.25) is 0 Å². The van der Waals surface area contributed by atoms with Crippen molar-refractivity contribution in [3.8, 4) is 6.07 Å². The monoisotopic (exact) mass is 296 g/mol. The maximum Gasteiger partial charge on any atom is 0.417 e. The number of nitrogens with zero attached hydrogens (tertiary/aromatic N) is 1. The number of hydrogen-bond acceptors (Lipinski definition) is 2. The minimum Gasteiger partial charge on any atom is -0.326 e. The smallest absolute Gasteiger partial charge is 0.326 e. The summed E-state index contributed by atoms with van der Waals surface area (Å²) in [4.78, 5) is 12.0. The summed E-state index contributed by atoms with van der Waals surface area (Å²) < 4.78 is 38.5. The third-order valence-corrected chi connectivity index (χ3v) is 3.69. The number of anilines is 1. The molecule has 0 bridgehead atoms. The first-order valence-electron chi connectivity index (χ1n) is 6.84. The molecule has 1 aromatic carbocycles. The van der Waals surface area contributed by atoms with E-state index in [2.05, 4.69) is 5.32 Å². The van der Waals surface area contributed by atoms with Gasteiger partial charge in [-0.15, -0.1) is 0 Å². The molecule has 1 N–H and O–H groups in total. The first-order valence-corrected chi connectivity index (χ1v) is 6.84. The number of halogens is 3. The topological polar surface area (TPSA) is 52.9 Å². The lowest BCUT2D eigenvalue weighted by Gasteiger charge is -2.21. The second kappa shape index (κ2) is 6.17. The van der Waals surface area contributed by atoms with Gasteiger partial charge in [-0.25, -0.2) is 0 Å². The van der Waals surface area contributed by atoms with Crippen LogP contribution in [-0.2, 0) is 11.0 Å². The molecular formula is C15H15F3N2O. The van der Waals surface area contributed by atoms with Crippen LogP contribution in [0.5, 0.6) is 0 Å². The van der Waals surface area contributed by atoms with Crippen molar-refractivity contribution >= 4 is 11.6 Å². The number of alkyl halides is 3. The number of benzene rings is 1. The van der Waals surface area contributed by atoms with E-state index < -0.39 is 17.3 Å². The van der Waals surface area contributed by atoms with Crippen LogP contribution in [0.15, 0.2) is 18.2 Å². The molecule has 1 fully saturated rings. The largest absolute Gasteiger partial charge is 0.417 e. The molecule has 1 aliphatic rings. The molecule has 0 aromatic heterocycles. The molecular weight excluding hydrogens is 281 g/mol. The Bertz CT molecular complexity index is 569. The number of rotatable bonds is 2. The zero-order chi connectivity index (χ0) is 15.5. The molecule has 21 heavy (non-hydrogen) atoms. The average Bonchev–Trinajstić information content (AvgIpc) is 2.47. The average molecular weight is 296 g/mol. The van der Waals surface area contributed by atoms with E-state index in [0.717, 1.165) is 44.2 Å². The lowest BCUT2D eigenvalue weighted by atomic mass is 9.88. The molecule has 0 spiro atoms. The molecule has 0 aliphatic heterocycles. The Kier molecular flexibility index (Phi) is 4.51. The molecule has 112 valence electrons. The van der Waals surface area contributed by atoms with E-state index in [1.165, 1.54) is 12.1 Å². The Labute approximate surface area is 120 Å². The lowest BCUT2D eigenvalue weighted by molar-refractivity contribution is -0.137. The molecule has 0 atom stereocenters. The summed E-state index contributed by atoms with van der Waals surface area (Å²) in [5, 5.41) is 11.2. The number of nitrogens with one attached hydrogen (secondary N) is 1. The first-order chi connectivity index (χ1) is 9.91. The predicted molar refractivity (Wildman–Crippen MR) is 71.4 cm³/mol. The highest BCUT2D eigenvalue weighted by Gasteiger charge is 2.34. The SMILES string of the molecule is N#Cc1ccc(NC(=O)C2CCCCC2)cc1C(F)(F)F. The summed E-state index contributed by atoms with van der Waals surface area (Å²) in [6.07, 6.45) is -0.0312. The number of carbonyl (C=O) groups is 1. The van der Waals surface area contributed by atoms with Crippen molar-refractivity contribution in [2.45, 2.75) is 38.3 Å². The van der Waals surface area contributed by atoms with Crippen LogP contribution in [0, 0.1) is 17.2 Å². The number of amides is 1. The summed E-state index contributed by atoms with van der Waals surface area (Å²) in [7, 11) is 0. The van der Waals surface area contributed by atoms with Gasteiger partial charge in [-0.2, -0.15) is 18.4 Å². The fraction of sp³-hybridized carbons (Fsp3) is 0.467. The van der Waals surface area contributed by atoms with Crippen molar-refractivity contribution in [3.05, 3.63) is 29.3 Å². The zero-order valence-corrected chi connectivity index (χ0v) is 11.3. The third-order valence-electron chi connectivity index (χ3n) is 3.69. The number of hydrogen-bond donors (Lipinski definition) is 1. The highest BCUT2D eigenvalue weighted by Crippen LogP contribution is 2.34. The third kappa shape index (κ3) is 3.75. The zero-order valence-electron chi connectivity index (χ0n) is 11.3. The van der Waals surface area contributed by atoms with E-state index in [4.69, 9.17) is 5.26 Å². The standard InChI is InChI=1S/C15H15F3N2O/c16-15(17,18)13-8-12(7-6-11(13)9-19)20-14(21)10-4-2-1-3-5-10/h6-8,10H,1-5H2,(H,20,21). The summed E-state index contributed by atoms with van der Waals surface area (Å²) in [5.41, 5.74) is -1.39. The van der Waals surface area contributed by atoms with Gasteiger partial charge in [0.25, 0.3) is 0 Å². The highest BCUT2D eigenvalue weighted by molar-refractivity contribution is 5.92. The van der Waals surface area contributed by atoms with E-state index >= 15 is 0 Å². The molecule has 3 nitrogen and oxygen atoms in total. The molecule has 1 aliphatic carbocycles. The normalized spacial score (nSPS) is 16.3. The van der Waals surface area contributed by atoms with Gasteiger partial charge in [0.05, 0.1) is 17.2 Å². The van der Waals surface area contributed by atoms with Crippen LogP contribution < -0.4 is 5.32 Å². The highest BCUT2D eigenvalue weighted by atomic mass is 19.4. The van der Waals surface area contributed by atoms with Gasteiger partial charge in [-0.1, -0.05) is 19.3 Å². The Hall–Kier alpha value is -2.03. The molecule has 2 rings (SSSR count). The summed E-state index contributed by atoms with van der Waals surface area (Å²) in [6.45, 7) is 0. The Balaban J connectivity index is 2.17. The Morgan fingerprint density at radius 1 is 1.24 bits per heavy atom. The quantitative estimate of drug-likeness (QED) is 0.893. The van der Waals surface area contributed by atoms with Crippen LogP contribution in [0.25, 0.3) is 0 Å². The van der Waals surface area contributed by atoms with E-state index in [1.807, 2.05) is 0 Å². The minimum absolute atomic E-state index is 0.0805. The summed E-state index contributed by atoms with van der Waals surface area (Å²) in [6, 6.07) is 4.74. The van der Waals surface area contributed by atoms with Crippen LogP contribution in [-0.4, -0.2) is 5.91 Å². The van der Waals surface area contributed by atoms with Gasteiger partial charge in [0.2, 0.25) is 5.91 Å². The summed E-state index contributed by atoms with van der Waals surface area (Å²) in [5.74, 6) is -0.378. The molecule has 1 saturated carbocycles. The number of carbonyl (C=O) groups excluding carboxylic acids is 1. The fourth-order valence-corrected chi connectivity index (χ4v) is 2.56. The van der Waals surface area contributed by atoms with Crippen LogP contribution in [0.1, 0.15) is 43.2 Å². The van der Waals surface area contributed by atoms with E-state index in [9.17, 15) is 18.0 Å². The van der Waals surface area contributed by atoms with Crippen LogP contribution in [0.4, 0.5) is 18.9 Å². The van der Waals surface area contributed by atoms with Crippen molar-refractivity contribution in [2.24, 2.45) is 5.92 Å². The molecule has 0 unspecified atom stereocenters. The predicted octanol–water partition coefficient (Wildman–Crippen LogP) is 4.10. The van der Waals surface area contributed by atoms with Crippen molar-refractivity contribution in [1.82, 2.24) is 0 Å². The molecule has 0 radical (unpaired) electrons. The van der Waals surface area contributed by atoms with Gasteiger partial charge in [-0.3, -0.25) is 4.79 Å². The maximum atomic E-state index is 12.8. The fourth-order valence-electron chi connectivity index (χ4n) is 2.56. The van der Waals surface area contributed by atoms with Gasteiger partial charge >= 0.3 is 6.18 Å². The lowest BCUT2D eigenvalue weighted by Crippen LogP contribution is -2.25. The van der Waals surface area contributed by atoms with E-state index in [1.54, 1.807) is 0 Å². The molecule has 1 aromatic rings. The van der Waals surface area contributed by atoms with Gasteiger partial charge < -0.3 is 5.32 Å². The Morgan fingerprint density at radius 2 is 1.90 bits per heavy atom. The van der Waals surface area contributed by atoms with E-state index in [-0.39, 0.29) is 17.5 Å². The maximum absolute atomic E-state index is 12.8. The van der Waals surface area contributed by atoms with E-state index in [0.29, 0.717) is 0 Å². The minimum atomic E-state index is -4.61. The van der Waals surface area contributed by atoms with Gasteiger partial charge in [-0.05, 0) is 31.0 Å². The van der Waals surface area contributed by atoms with Crippen molar-refractivity contribution in [2.75, 3.05) is 5.32 Å². The molecule has 1 amide bonds. The second-order valence-electron chi connectivity index (χ2n) is 5.19. The summed E-state index contributed by atoms with van der Waals surface area (Å²) >= 11 is 0. The molecule has 0 saturated heterocycles. The van der Waals surface area contributed by atoms with Gasteiger partial charge in [0.1, 0.15) is 0 Å². The van der Waals surface area contributed by atoms with Crippen LogP contribution >= 0.6 is 0 Å². The Morgan fingerprint density at radius 3 is 2.48 bits per heavy atom. The molecule has 6 heteroatoms. The van der Waals surface area contributed by atoms with Crippen molar-refractivity contribution in [1.29, 1.82) is 5.26 Å². The van der Waals surface area contributed by atoms with Gasteiger partial charge in [0.15, 0.2) is 0 Å². The first kappa shape index (κ1) is 15.4. The number of nitriles is 1. The van der Waals surface area contributed by atoms with Crippen molar-refractivity contribution in [3.63, 3.8) is 0 Å². The van der Waals surface area contributed by atoms with Crippen molar-refractivity contribution < 1.29 is 18.0 Å². The van der Waals surface area contributed by atoms with Gasteiger partial charge in [0, 0.05) is 11.6 Å².